The highest BCUT2D eigenvalue weighted by molar-refractivity contribution is 9.10. The molecule has 0 aliphatic heterocycles. The first-order valence-corrected chi connectivity index (χ1v) is 9.95. The summed E-state index contributed by atoms with van der Waals surface area (Å²) in [5.41, 5.74) is 1.71. The molecular formula is C17H21BrNO3P. The Kier molecular flexibility index (Phi) is 6.85. The summed E-state index contributed by atoms with van der Waals surface area (Å²) < 4.78 is 25.3. The molecule has 0 aromatic heterocycles. The number of para-hydroxylation sites is 1. The van der Waals surface area contributed by atoms with E-state index < -0.39 is 13.4 Å². The van der Waals surface area contributed by atoms with Gasteiger partial charge in [0.1, 0.15) is 0 Å². The molecule has 0 amide bonds. The normalized spacial score (nSPS) is 12.8. The molecule has 0 aliphatic rings. The van der Waals surface area contributed by atoms with Crippen LogP contribution in [0.2, 0.25) is 0 Å². The lowest BCUT2D eigenvalue weighted by Gasteiger charge is -2.28. The van der Waals surface area contributed by atoms with Gasteiger partial charge in [0.2, 0.25) is 0 Å². The van der Waals surface area contributed by atoms with Crippen LogP contribution in [0.3, 0.4) is 0 Å². The highest BCUT2D eigenvalue weighted by Crippen LogP contribution is 2.60. The van der Waals surface area contributed by atoms with Gasteiger partial charge < -0.3 is 14.4 Å². The van der Waals surface area contributed by atoms with Gasteiger partial charge in [0.15, 0.2) is 5.78 Å². The van der Waals surface area contributed by atoms with Crippen molar-refractivity contribution in [3.63, 3.8) is 0 Å². The number of anilines is 1. The van der Waals surface area contributed by atoms with Gasteiger partial charge in [-0.25, -0.2) is 0 Å². The van der Waals surface area contributed by atoms with Gasteiger partial charge in [0.25, 0.3) is 0 Å². The van der Waals surface area contributed by atoms with Gasteiger partial charge in [-0.15, -0.1) is 0 Å². The number of hydrogen-bond acceptors (Lipinski definition) is 4. The summed E-state index contributed by atoms with van der Waals surface area (Å²) in [6.07, 6.45) is 0. The second-order valence-electron chi connectivity index (χ2n) is 4.84. The van der Waals surface area contributed by atoms with Crippen molar-refractivity contribution in [3.8, 4) is 0 Å². The quantitative estimate of drug-likeness (QED) is 0.569. The fourth-order valence-corrected chi connectivity index (χ4v) is 4.43. The van der Waals surface area contributed by atoms with Crippen LogP contribution in [0.15, 0.2) is 59.1 Å². The molecule has 0 saturated heterocycles. The van der Waals surface area contributed by atoms with E-state index in [2.05, 4.69) is 21.2 Å². The van der Waals surface area contributed by atoms with E-state index in [4.69, 9.17) is 9.05 Å². The largest absolute Gasteiger partial charge is 0.368 e. The third-order valence-electron chi connectivity index (χ3n) is 3.20. The second-order valence-corrected chi connectivity index (χ2v) is 7.87. The second kappa shape index (κ2) is 8.65. The molecule has 1 N–H and O–H groups in total. The molecule has 124 valence electrons. The standard InChI is InChI=1S/C17H21BrNO3P/c1-3-21-23(20,22-4-2)17(14-10-12-15(18)13-11-14)19-16-8-6-5-7-9-16/h5-13,17,19H,3-4H2,1-2H3. The predicted octanol–water partition coefficient (Wildman–Crippen LogP) is 5.83. The van der Waals surface area contributed by atoms with Gasteiger partial charge in [0.05, 0.1) is 13.2 Å². The van der Waals surface area contributed by atoms with E-state index in [-0.39, 0.29) is 0 Å². The number of rotatable bonds is 8. The fraction of sp³-hybridized carbons (Fsp3) is 0.294. The molecule has 0 saturated carbocycles. The van der Waals surface area contributed by atoms with Crippen LogP contribution in [0.25, 0.3) is 0 Å². The van der Waals surface area contributed by atoms with E-state index in [1.165, 1.54) is 0 Å². The fourth-order valence-electron chi connectivity index (χ4n) is 2.23. The average molecular weight is 398 g/mol. The Bertz CT molecular complexity index is 639. The monoisotopic (exact) mass is 397 g/mol. The van der Waals surface area contributed by atoms with Crippen molar-refractivity contribution in [3.05, 3.63) is 64.6 Å². The van der Waals surface area contributed by atoms with Crippen molar-refractivity contribution in [2.45, 2.75) is 19.6 Å². The van der Waals surface area contributed by atoms with Crippen LogP contribution >= 0.6 is 23.5 Å². The molecule has 2 aromatic carbocycles. The summed E-state index contributed by atoms with van der Waals surface area (Å²) in [6.45, 7) is 4.27. The first-order valence-electron chi connectivity index (χ1n) is 7.55. The molecule has 2 rings (SSSR count). The van der Waals surface area contributed by atoms with Crippen molar-refractivity contribution in [2.24, 2.45) is 0 Å². The summed E-state index contributed by atoms with van der Waals surface area (Å²) in [5, 5.41) is 3.30. The highest BCUT2D eigenvalue weighted by Gasteiger charge is 2.37. The molecule has 4 nitrogen and oxygen atoms in total. The SMILES string of the molecule is CCOP(=O)(OCC)C(Nc1ccccc1)c1ccc(Br)cc1. The lowest BCUT2D eigenvalue weighted by Crippen LogP contribution is -2.15. The Hall–Kier alpha value is -1.13. The molecule has 1 unspecified atom stereocenters. The summed E-state index contributed by atoms with van der Waals surface area (Å²) in [6, 6.07) is 17.3. The van der Waals surface area contributed by atoms with Gasteiger partial charge in [-0.3, -0.25) is 4.57 Å². The molecule has 0 bridgehead atoms. The molecule has 0 aliphatic carbocycles. The summed E-state index contributed by atoms with van der Waals surface area (Å²) in [5.74, 6) is -0.571. The van der Waals surface area contributed by atoms with Crippen molar-refractivity contribution in [2.75, 3.05) is 18.5 Å². The molecule has 23 heavy (non-hydrogen) atoms. The molecule has 6 heteroatoms. The molecule has 0 spiro atoms. The Labute approximate surface area is 145 Å². The van der Waals surface area contributed by atoms with Gasteiger partial charge in [0, 0.05) is 10.2 Å². The number of nitrogens with one attached hydrogen (secondary N) is 1. The van der Waals surface area contributed by atoms with Gasteiger partial charge in [-0.05, 0) is 43.7 Å². The van der Waals surface area contributed by atoms with Crippen LogP contribution in [-0.2, 0) is 13.6 Å². The van der Waals surface area contributed by atoms with Crippen LogP contribution < -0.4 is 5.32 Å². The van der Waals surface area contributed by atoms with Crippen LogP contribution in [0.4, 0.5) is 5.69 Å². The minimum absolute atomic E-state index is 0.320. The Morgan fingerprint density at radius 2 is 1.57 bits per heavy atom. The Morgan fingerprint density at radius 3 is 2.09 bits per heavy atom. The number of halogens is 1. The Balaban J connectivity index is 2.40. The minimum atomic E-state index is -3.36. The van der Waals surface area contributed by atoms with E-state index in [9.17, 15) is 4.57 Å². The molecule has 1 atom stereocenters. The minimum Gasteiger partial charge on any atom is -0.368 e. The third-order valence-corrected chi connectivity index (χ3v) is 6.02. The number of benzene rings is 2. The van der Waals surface area contributed by atoms with E-state index in [1.807, 2.05) is 68.4 Å². The third kappa shape index (κ3) is 4.92. The lowest BCUT2D eigenvalue weighted by atomic mass is 10.2. The van der Waals surface area contributed by atoms with Gasteiger partial charge in [-0.2, -0.15) is 0 Å². The molecule has 0 heterocycles. The van der Waals surface area contributed by atoms with Crippen molar-refractivity contribution in [1.82, 2.24) is 0 Å². The molecule has 2 aromatic rings. The lowest BCUT2D eigenvalue weighted by molar-refractivity contribution is 0.214. The molecule has 0 radical (unpaired) electrons. The highest BCUT2D eigenvalue weighted by atomic mass is 79.9. The van der Waals surface area contributed by atoms with Crippen LogP contribution in [0.5, 0.6) is 0 Å². The Morgan fingerprint density at radius 1 is 1.00 bits per heavy atom. The van der Waals surface area contributed by atoms with Crippen molar-refractivity contribution in [1.29, 1.82) is 0 Å². The summed E-state index contributed by atoms with van der Waals surface area (Å²) >= 11 is 3.42. The maximum absolute atomic E-state index is 13.3. The smallest absolute Gasteiger partial charge is 0.357 e. The summed E-state index contributed by atoms with van der Waals surface area (Å²) in [4.78, 5) is 0. The van der Waals surface area contributed by atoms with Crippen LogP contribution in [0, 0.1) is 0 Å². The number of hydrogen-bond donors (Lipinski definition) is 1. The molecular weight excluding hydrogens is 377 g/mol. The first kappa shape index (κ1) is 18.2. The first-order chi connectivity index (χ1) is 11.1. The zero-order valence-corrected chi connectivity index (χ0v) is 15.7. The topological polar surface area (TPSA) is 47.6 Å². The zero-order valence-electron chi connectivity index (χ0n) is 13.2. The zero-order chi connectivity index (χ0) is 16.7. The van der Waals surface area contributed by atoms with Gasteiger partial charge >= 0.3 is 7.60 Å². The summed E-state index contributed by atoms with van der Waals surface area (Å²) in [7, 11) is -3.36. The molecule has 0 fully saturated rings. The van der Waals surface area contributed by atoms with E-state index in [0.29, 0.717) is 13.2 Å². The van der Waals surface area contributed by atoms with E-state index in [0.717, 1.165) is 15.7 Å². The van der Waals surface area contributed by atoms with Crippen LogP contribution in [-0.4, -0.2) is 13.2 Å². The van der Waals surface area contributed by atoms with Crippen molar-refractivity contribution < 1.29 is 13.6 Å². The van der Waals surface area contributed by atoms with E-state index >= 15 is 0 Å². The van der Waals surface area contributed by atoms with Gasteiger partial charge in [-0.1, -0.05) is 46.3 Å². The average Bonchev–Trinajstić information content (AvgIpc) is 2.55. The van der Waals surface area contributed by atoms with E-state index in [1.54, 1.807) is 0 Å². The maximum Gasteiger partial charge on any atom is 0.357 e. The maximum atomic E-state index is 13.3. The van der Waals surface area contributed by atoms with Crippen LogP contribution in [0.1, 0.15) is 25.2 Å². The van der Waals surface area contributed by atoms with Crippen molar-refractivity contribution >= 4 is 29.2 Å². The predicted molar refractivity (Wildman–Crippen MR) is 97.8 cm³/mol.